The number of piperazine rings is 1. The molecule has 200 valence electrons. The molecule has 1 aliphatic rings. The Morgan fingerprint density at radius 1 is 1.27 bits per heavy atom. The number of anilines is 1. The van der Waals surface area contributed by atoms with Crippen molar-refractivity contribution in [1.29, 1.82) is 5.26 Å². The Morgan fingerprint density at radius 3 is 2.65 bits per heavy atom. The minimum Gasteiger partial charge on any atom is -0.492 e. The molecule has 13 heteroatoms. The minimum atomic E-state index is -4.62. The molecule has 0 unspecified atom stereocenters. The molecule has 1 aliphatic heterocycles. The van der Waals surface area contributed by atoms with Crippen LogP contribution in [0.15, 0.2) is 29.1 Å². The van der Waals surface area contributed by atoms with Crippen molar-refractivity contribution in [3.8, 4) is 11.8 Å². The number of nitrogens with zero attached hydrogens (tertiary/aromatic N) is 4. The van der Waals surface area contributed by atoms with Crippen molar-refractivity contribution in [2.75, 3.05) is 58.2 Å². The van der Waals surface area contributed by atoms with Gasteiger partial charge in [0.15, 0.2) is 5.57 Å². The Labute approximate surface area is 216 Å². The molecule has 0 radical (unpaired) electrons. The van der Waals surface area contributed by atoms with E-state index < -0.39 is 29.8 Å². The highest BCUT2D eigenvalue weighted by atomic mass is 32.1. The monoisotopic (exact) mass is 538 g/mol. The number of hydrogen-bond donors (Lipinski definition) is 2. The van der Waals surface area contributed by atoms with Gasteiger partial charge in [0.2, 0.25) is 0 Å². The third-order valence-corrected chi connectivity index (χ3v) is 6.83. The van der Waals surface area contributed by atoms with Gasteiger partial charge < -0.3 is 20.3 Å². The molecule has 1 fully saturated rings. The van der Waals surface area contributed by atoms with Crippen LogP contribution in [0.1, 0.15) is 6.92 Å². The number of hydrogen-bond acceptors (Lipinski definition) is 8. The second-order valence-electron chi connectivity index (χ2n) is 8.42. The third kappa shape index (κ3) is 8.08. The van der Waals surface area contributed by atoms with Crippen LogP contribution < -0.4 is 30.1 Å². The maximum absolute atomic E-state index is 12.8. The van der Waals surface area contributed by atoms with E-state index in [-0.39, 0.29) is 15.7 Å². The van der Waals surface area contributed by atoms with Crippen LogP contribution in [-0.2, 0) is 11.3 Å². The molecule has 0 atom stereocenters. The topological polar surface area (TPSA) is 103 Å². The lowest BCUT2D eigenvalue weighted by Crippen LogP contribution is -2.45. The lowest BCUT2D eigenvalue weighted by molar-refractivity contribution is -0.135. The summed E-state index contributed by atoms with van der Waals surface area (Å²) in [6.45, 7) is 5.62. The first-order valence-electron chi connectivity index (χ1n) is 11.7. The molecule has 2 N–H and O–H groups in total. The summed E-state index contributed by atoms with van der Waals surface area (Å²) in [6, 6.07) is 8.83. The van der Waals surface area contributed by atoms with E-state index in [9.17, 15) is 28.0 Å². The zero-order chi connectivity index (χ0) is 27.0. The molecule has 37 heavy (non-hydrogen) atoms. The molecule has 0 aliphatic carbocycles. The maximum Gasteiger partial charge on any atom is 0.405 e. The Hall–Kier alpha value is -3.34. The van der Waals surface area contributed by atoms with Gasteiger partial charge in [0.25, 0.3) is 11.5 Å². The molecule has 0 spiro atoms. The van der Waals surface area contributed by atoms with E-state index in [4.69, 9.17) is 4.74 Å². The fourth-order valence-corrected chi connectivity index (χ4v) is 4.73. The molecule has 0 saturated carbocycles. The highest BCUT2D eigenvalue weighted by Gasteiger charge is 2.29. The summed E-state index contributed by atoms with van der Waals surface area (Å²) >= 11 is 0.849. The standard InChI is InChI=1S/C24H29F3N6O3S/c1-3-33-22(35)20(37-23(33)19(14-28)21(34)30-16-24(25,26)27)15-29-17-5-4-6-18(13-17)36-12-11-32-9-7-31(2)8-10-32/h4-6,13,15,29H,3,7-12,16H2,1-2H3,(H,30,34)/b20-15+,23-19-. The molecule has 0 bridgehead atoms. The SMILES string of the molecule is CCn1c(=O)/c(=C\Nc2cccc(OCCN3CCN(C)CC3)c2)s/c1=C(/C#N)C(=O)NCC(F)(F)F. The van der Waals surface area contributed by atoms with Crippen molar-refractivity contribution in [3.05, 3.63) is 43.8 Å². The van der Waals surface area contributed by atoms with Gasteiger partial charge >= 0.3 is 6.18 Å². The molecule has 1 amide bonds. The van der Waals surface area contributed by atoms with Crippen LogP contribution in [0.3, 0.4) is 0 Å². The van der Waals surface area contributed by atoms with Gasteiger partial charge in [-0.05, 0) is 26.1 Å². The number of nitrogens with one attached hydrogen (secondary N) is 2. The van der Waals surface area contributed by atoms with E-state index in [0.717, 1.165) is 44.1 Å². The molecule has 9 nitrogen and oxygen atoms in total. The van der Waals surface area contributed by atoms with E-state index in [1.807, 2.05) is 6.07 Å². The normalized spacial score (nSPS) is 16.3. The van der Waals surface area contributed by atoms with Gasteiger partial charge in [-0.2, -0.15) is 18.4 Å². The van der Waals surface area contributed by atoms with Crippen LogP contribution in [-0.4, -0.2) is 79.4 Å². The van der Waals surface area contributed by atoms with Crippen molar-refractivity contribution in [2.24, 2.45) is 0 Å². The second kappa shape index (κ2) is 12.8. The molecule has 2 aromatic rings. The first kappa shape index (κ1) is 28.2. The number of thiazole rings is 1. The molecule has 1 saturated heterocycles. The Balaban J connectivity index is 1.74. The number of carbonyl (C=O) groups is 1. The summed E-state index contributed by atoms with van der Waals surface area (Å²) in [6.07, 6.45) is -3.18. The number of amides is 1. The van der Waals surface area contributed by atoms with Crippen molar-refractivity contribution in [3.63, 3.8) is 0 Å². The van der Waals surface area contributed by atoms with Gasteiger partial charge in [-0.3, -0.25) is 19.1 Å². The van der Waals surface area contributed by atoms with Gasteiger partial charge in [0.1, 0.15) is 34.2 Å². The zero-order valence-corrected chi connectivity index (χ0v) is 21.4. The highest BCUT2D eigenvalue weighted by molar-refractivity contribution is 7.07. The van der Waals surface area contributed by atoms with Crippen molar-refractivity contribution >= 4 is 34.7 Å². The summed E-state index contributed by atoms with van der Waals surface area (Å²) in [5.74, 6) is -0.531. The van der Waals surface area contributed by atoms with Crippen molar-refractivity contribution < 1.29 is 22.7 Å². The van der Waals surface area contributed by atoms with E-state index in [2.05, 4.69) is 22.2 Å². The van der Waals surface area contributed by atoms with Crippen LogP contribution in [0.4, 0.5) is 18.9 Å². The van der Waals surface area contributed by atoms with Crippen LogP contribution in [0.2, 0.25) is 0 Å². The van der Waals surface area contributed by atoms with E-state index in [1.54, 1.807) is 36.5 Å². The van der Waals surface area contributed by atoms with Crippen molar-refractivity contribution in [2.45, 2.75) is 19.6 Å². The van der Waals surface area contributed by atoms with Crippen LogP contribution in [0, 0.1) is 11.3 Å². The number of alkyl halides is 3. The predicted molar refractivity (Wildman–Crippen MR) is 136 cm³/mol. The van der Waals surface area contributed by atoms with Gasteiger partial charge in [0.05, 0.1) is 0 Å². The molecular weight excluding hydrogens is 509 g/mol. The number of benzene rings is 1. The Morgan fingerprint density at radius 2 is 2.00 bits per heavy atom. The van der Waals surface area contributed by atoms with Crippen LogP contribution in [0.5, 0.6) is 5.75 Å². The van der Waals surface area contributed by atoms with E-state index in [1.165, 1.54) is 10.8 Å². The molecule has 3 rings (SSSR count). The quantitative estimate of drug-likeness (QED) is 0.486. The van der Waals surface area contributed by atoms with Gasteiger partial charge in [-0.25, -0.2) is 0 Å². The van der Waals surface area contributed by atoms with Crippen LogP contribution >= 0.6 is 11.3 Å². The minimum absolute atomic E-state index is 0.0104. The Kier molecular flexibility index (Phi) is 9.73. The highest BCUT2D eigenvalue weighted by Crippen LogP contribution is 2.17. The first-order chi connectivity index (χ1) is 17.6. The second-order valence-corrected chi connectivity index (χ2v) is 9.45. The number of rotatable bonds is 9. The lowest BCUT2D eigenvalue weighted by atomic mass is 10.3. The average Bonchev–Trinajstić information content (AvgIpc) is 3.17. The predicted octanol–water partition coefficient (Wildman–Crippen LogP) is 0.759. The van der Waals surface area contributed by atoms with Gasteiger partial charge in [-0.15, -0.1) is 11.3 Å². The number of carbonyl (C=O) groups excluding carboxylic acids is 1. The summed E-state index contributed by atoms with van der Waals surface area (Å²) < 4.78 is 44.6. The fraction of sp³-hybridized carbons (Fsp3) is 0.458. The molecule has 1 aromatic carbocycles. The molecular formula is C24H29F3N6O3S. The number of halogens is 3. The number of ether oxygens (including phenoxy) is 1. The van der Waals surface area contributed by atoms with Gasteiger partial charge in [0, 0.05) is 57.2 Å². The van der Waals surface area contributed by atoms with Crippen molar-refractivity contribution in [1.82, 2.24) is 19.7 Å². The Bertz CT molecular complexity index is 1310. The summed E-state index contributed by atoms with van der Waals surface area (Å²) in [7, 11) is 2.11. The lowest BCUT2D eigenvalue weighted by Gasteiger charge is -2.32. The average molecular weight is 539 g/mol. The first-order valence-corrected chi connectivity index (χ1v) is 12.5. The van der Waals surface area contributed by atoms with Gasteiger partial charge in [-0.1, -0.05) is 6.07 Å². The van der Waals surface area contributed by atoms with Crippen LogP contribution in [0.25, 0.3) is 11.8 Å². The smallest absolute Gasteiger partial charge is 0.405 e. The molecule has 1 aromatic heterocycles. The summed E-state index contributed by atoms with van der Waals surface area (Å²) in [5.41, 5.74) is -0.364. The number of likely N-dealkylation sites (N-methyl/N-ethyl adjacent to an activating group) is 1. The summed E-state index contributed by atoms with van der Waals surface area (Å²) in [5, 5.41) is 14.1. The molecule has 2 heterocycles. The largest absolute Gasteiger partial charge is 0.492 e. The van der Waals surface area contributed by atoms with E-state index in [0.29, 0.717) is 18.0 Å². The maximum atomic E-state index is 12.8. The summed E-state index contributed by atoms with van der Waals surface area (Å²) in [4.78, 5) is 29.7. The number of nitriles is 1. The number of aromatic nitrogens is 1. The fourth-order valence-electron chi connectivity index (χ4n) is 3.65. The zero-order valence-electron chi connectivity index (χ0n) is 20.6. The van der Waals surface area contributed by atoms with E-state index >= 15 is 0 Å². The third-order valence-electron chi connectivity index (χ3n) is 5.70.